The Labute approximate surface area is 100 Å². The topological polar surface area (TPSA) is 57.7 Å². The lowest BCUT2D eigenvalue weighted by Crippen LogP contribution is -2.20. The van der Waals surface area contributed by atoms with Gasteiger partial charge >= 0.3 is 12.3 Å². The molecule has 0 saturated heterocycles. The molecule has 0 N–H and O–H groups in total. The summed E-state index contributed by atoms with van der Waals surface area (Å²) in [6.07, 6.45) is -4.95. The number of hydrogen-bond donors (Lipinski definition) is 0. The van der Waals surface area contributed by atoms with Crippen LogP contribution in [0, 0.1) is 6.92 Å². The van der Waals surface area contributed by atoms with Gasteiger partial charge in [-0.05, 0) is 6.92 Å². The number of ether oxygens (including phenoxy) is 3. The van der Waals surface area contributed by atoms with E-state index in [0.29, 0.717) is 0 Å². The van der Waals surface area contributed by atoms with Gasteiger partial charge in [0.1, 0.15) is 11.3 Å². The Bertz CT molecular complexity index is 459. The van der Waals surface area contributed by atoms with Gasteiger partial charge in [-0.25, -0.2) is 9.78 Å². The van der Waals surface area contributed by atoms with E-state index in [0.717, 1.165) is 13.2 Å². The van der Waals surface area contributed by atoms with Gasteiger partial charge in [0.2, 0.25) is 5.88 Å². The molecule has 1 rings (SSSR count). The first kappa shape index (κ1) is 14.1. The molecule has 0 amide bonds. The lowest BCUT2D eigenvalue weighted by atomic mass is 10.2. The largest absolute Gasteiger partial charge is 0.574 e. The van der Waals surface area contributed by atoms with Crippen LogP contribution < -0.4 is 9.47 Å². The number of pyridine rings is 1. The van der Waals surface area contributed by atoms with Crippen LogP contribution in [0.5, 0.6) is 11.6 Å². The van der Waals surface area contributed by atoms with Crippen LogP contribution in [0.15, 0.2) is 6.07 Å². The number of halogens is 3. The molecule has 1 aromatic heterocycles. The Balaban J connectivity index is 3.30. The first-order valence-corrected chi connectivity index (χ1v) is 4.68. The third-order valence-corrected chi connectivity index (χ3v) is 1.97. The molecule has 0 fully saturated rings. The monoisotopic (exact) mass is 265 g/mol. The van der Waals surface area contributed by atoms with Gasteiger partial charge in [-0.2, -0.15) is 0 Å². The number of aromatic nitrogens is 1. The zero-order valence-corrected chi connectivity index (χ0v) is 9.79. The summed E-state index contributed by atoms with van der Waals surface area (Å²) in [4.78, 5) is 14.9. The summed E-state index contributed by atoms with van der Waals surface area (Å²) in [5.74, 6) is -1.71. The van der Waals surface area contributed by atoms with Gasteiger partial charge in [-0.3, -0.25) is 0 Å². The molecule has 0 aliphatic heterocycles. The summed E-state index contributed by atoms with van der Waals surface area (Å²) in [5.41, 5.74) is -0.304. The lowest BCUT2D eigenvalue weighted by Gasteiger charge is -2.13. The second kappa shape index (κ2) is 5.11. The summed E-state index contributed by atoms with van der Waals surface area (Å²) < 4.78 is 49.3. The maximum Gasteiger partial charge on any atom is 0.574 e. The number of aryl methyl sites for hydroxylation is 1. The summed E-state index contributed by atoms with van der Waals surface area (Å²) in [6, 6.07) is 1.08. The van der Waals surface area contributed by atoms with Crippen LogP contribution in [0.25, 0.3) is 0 Å². The molecule has 1 heterocycles. The van der Waals surface area contributed by atoms with Gasteiger partial charge in [0, 0.05) is 6.07 Å². The van der Waals surface area contributed by atoms with Gasteiger partial charge < -0.3 is 14.2 Å². The van der Waals surface area contributed by atoms with Crippen molar-refractivity contribution in [1.29, 1.82) is 0 Å². The highest BCUT2D eigenvalue weighted by Crippen LogP contribution is 2.29. The van der Waals surface area contributed by atoms with Crippen LogP contribution in [0.3, 0.4) is 0 Å². The standard InChI is InChI=1S/C10H10F3NO4/c1-5-7(16-2)4-6(9(15)17-3)8(14-5)18-10(11,12)13/h4H,1-3H3. The smallest absolute Gasteiger partial charge is 0.495 e. The third kappa shape index (κ3) is 3.25. The number of methoxy groups -OCH3 is 2. The fourth-order valence-electron chi connectivity index (χ4n) is 1.22. The number of hydrogen-bond acceptors (Lipinski definition) is 5. The molecule has 0 unspecified atom stereocenters. The number of esters is 1. The normalized spacial score (nSPS) is 11.0. The van der Waals surface area contributed by atoms with Crippen molar-refractivity contribution in [2.75, 3.05) is 14.2 Å². The summed E-state index contributed by atoms with van der Waals surface area (Å²) in [6.45, 7) is 1.42. The number of nitrogens with zero attached hydrogens (tertiary/aromatic N) is 1. The maximum absolute atomic E-state index is 12.2. The average Bonchev–Trinajstić information content (AvgIpc) is 2.26. The fraction of sp³-hybridized carbons (Fsp3) is 0.400. The second-order valence-electron chi connectivity index (χ2n) is 3.17. The van der Waals surface area contributed by atoms with Crippen molar-refractivity contribution in [3.8, 4) is 11.6 Å². The zero-order chi connectivity index (χ0) is 13.9. The van der Waals surface area contributed by atoms with E-state index in [2.05, 4.69) is 14.5 Å². The lowest BCUT2D eigenvalue weighted by molar-refractivity contribution is -0.276. The van der Waals surface area contributed by atoms with Crippen molar-refractivity contribution in [2.45, 2.75) is 13.3 Å². The maximum atomic E-state index is 12.2. The first-order chi connectivity index (χ1) is 8.28. The minimum Gasteiger partial charge on any atom is -0.495 e. The first-order valence-electron chi connectivity index (χ1n) is 4.68. The van der Waals surface area contributed by atoms with E-state index in [9.17, 15) is 18.0 Å². The Kier molecular flexibility index (Phi) is 4.00. The van der Waals surface area contributed by atoms with Crippen LogP contribution in [-0.2, 0) is 4.74 Å². The molecule has 1 aromatic rings. The molecule has 100 valence electrons. The predicted octanol–water partition coefficient (Wildman–Crippen LogP) is 2.08. The quantitative estimate of drug-likeness (QED) is 0.783. The molecule has 0 bridgehead atoms. The van der Waals surface area contributed by atoms with Crippen LogP contribution in [0.2, 0.25) is 0 Å². The van der Waals surface area contributed by atoms with Gasteiger partial charge in [0.25, 0.3) is 0 Å². The molecule has 8 heteroatoms. The van der Waals surface area contributed by atoms with Crippen LogP contribution in [-0.4, -0.2) is 31.5 Å². The minimum absolute atomic E-state index is 0.157. The van der Waals surface area contributed by atoms with Gasteiger partial charge in [-0.15, -0.1) is 13.2 Å². The number of rotatable bonds is 3. The van der Waals surface area contributed by atoms with Crippen molar-refractivity contribution in [2.24, 2.45) is 0 Å². The fourth-order valence-corrected chi connectivity index (χ4v) is 1.22. The highest BCUT2D eigenvalue weighted by atomic mass is 19.4. The van der Waals surface area contributed by atoms with Crippen molar-refractivity contribution in [3.63, 3.8) is 0 Å². The summed E-state index contributed by atoms with van der Waals surface area (Å²) in [5, 5.41) is 0. The molecule has 0 aromatic carbocycles. The summed E-state index contributed by atoms with van der Waals surface area (Å²) >= 11 is 0. The Morgan fingerprint density at radius 2 is 1.94 bits per heavy atom. The highest BCUT2D eigenvalue weighted by Gasteiger charge is 2.34. The molecule has 0 atom stereocenters. The Hall–Kier alpha value is -1.99. The molecule has 0 aliphatic carbocycles. The van der Waals surface area contributed by atoms with E-state index in [1.54, 1.807) is 0 Å². The molecular weight excluding hydrogens is 255 g/mol. The molecule has 0 saturated carbocycles. The molecule has 18 heavy (non-hydrogen) atoms. The molecule has 5 nitrogen and oxygen atoms in total. The second-order valence-corrected chi connectivity index (χ2v) is 3.17. The van der Waals surface area contributed by atoms with Crippen molar-refractivity contribution in [3.05, 3.63) is 17.3 Å². The van der Waals surface area contributed by atoms with Crippen molar-refractivity contribution >= 4 is 5.97 Å². The van der Waals surface area contributed by atoms with Crippen LogP contribution in [0.1, 0.15) is 16.1 Å². The number of carbonyl (C=O) groups is 1. The zero-order valence-electron chi connectivity index (χ0n) is 9.79. The Morgan fingerprint density at radius 1 is 1.33 bits per heavy atom. The van der Waals surface area contributed by atoms with Gasteiger partial charge in [0.15, 0.2) is 0 Å². The van der Waals surface area contributed by atoms with Crippen LogP contribution in [0.4, 0.5) is 13.2 Å². The van der Waals surface area contributed by atoms with Crippen molar-refractivity contribution in [1.82, 2.24) is 4.98 Å². The van der Waals surface area contributed by atoms with Crippen LogP contribution >= 0.6 is 0 Å². The average molecular weight is 265 g/mol. The minimum atomic E-state index is -4.95. The van der Waals surface area contributed by atoms with Crippen molar-refractivity contribution < 1.29 is 32.2 Å². The molecule has 0 aliphatic rings. The van der Waals surface area contributed by atoms with Gasteiger partial charge in [-0.1, -0.05) is 0 Å². The molecule has 0 spiro atoms. The number of alkyl halides is 3. The SMILES string of the molecule is COC(=O)c1cc(OC)c(C)nc1OC(F)(F)F. The molecular formula is C10H10F3NO4. The third-order valence-electron chi connectivity index (χ3n) is 1.97. The van der Waals surface area contributed by atoms with Gasteiger partial charge in [0.05, 0.1) is 19.9 Å². The van der Waals surface area contributed by atoms with E-state index >= 15 is 0 Å². The summed E-state index contributed by atoms with van der Waals surface area (Å²) in [7, 11) is 2.33. The number of carbonyl (C=O) groups excluding carboxylic acids is 1. The van der Waals surface area contributed by atoms with E-state index in [-0.39, 0.29) is 11.4 Å². The highest BCUT2D eigenvalue weighted by molar-refractivity contribution is 5.92. The molecule has 0 radical (unpaired) electrons. The Morgan fingerprint density at radius 3 is 2.39 bits per heavy atom. The van der Waals surface area contributed by atoms with E-state index in [1.165, 1.54) is 14.0 Å². The predicted molar refractivity (Wildman–Crippen MR) is 53.5 cm³/mol. The van der Waals surface area contributed by atoms with E-state index in [4.69, 9.17) is 4.74 Å². The van der Waals surface area contributed by atoms with E-state index in [1.807, 2.05) is 0 Å². The van der Waals surface area contributed by atoms with E-state index < -0.39 is 23.8 Å².